The topological polar surface area (TPSA) is 145 Å². The molecule has 0 saturated carbocycles. The van der Waals surface area contributed by atoms with Crippen molar-refractivity contribution in [3.8, 4) is 0 Å². The van der Waals surface area contributed by atoms with Gasteiger partial charge < -0.3 is 30.3 Å². The van der Waals surface area contributed by atoms with Gasteiger partial charge in [-0.15, -0.1) is 0 Å². The van der Waals surface area contributed by atoms with Crippen molar-refractivity contribution < 1.29 is 42.6 Å². The van der Waals surface area contributed by atoms with Crippen LogP contribution in [0.2, 0.25) is 0 Å². The molecule has 0 aromatic heterocycles. The third-order valence-electron chi connectivity index (χ3n) is 9.97. The molecule has 5 N–H and O–H groups in total. The van der Waals surface area contributed by atoms with E-state index in [0.29, 0.717) is 26.6 Å². The summed E-state index contributed by atoms with van der Waals surface area (Å²) in [7, 11) is 0. The quantitative estimate of drug-likeness (QED) is 0.0313. The molecule has 0 fully saturated rings. The molecule has 1 unspecified atom stereocenters. The first-order valence-electron chi connectivity index (χ1n) is 22.3. The number of hydrogen-bond acceptors (Lipinski definition) is 8. The fourth-order valence-electron chi connectivity index (χ4n) is 6.47. The number of ether oxygens (including phenoxy) is 1. The number of hydrogen-bond donors (Lipinski definition) is 5. The van der Waals surface area contributed by atoms with Crippen molar-refractivity contribution in [3.05, 3.63) is 0 Å². The largest absolute Gasteiger partial charge is 0.463 e. The number of aliphatic hydroxyl groups excluding tert-OH is 5. The van der Waals surface area contributed by atoms with E-state index in [1.165, 1.54) is 128 Å². The minimum atomic E-state index is -1.98. The van der Waals surface area contributed by atoms with E-state index in [4.69, 9.17) is 7.48 Å². The van der Waals surface area contributed by atoms with Crippen LogP contribution in [-0.4, -0.2) is 74.4 Å². The van der Waals surface area contributed by atoms with Gasteiger partial charge in [-0.2, -0.15) is 0 Å². The van der Waals surface area contributed by atoms with Crippen LogP contribution in [0, 0.1) is 0 Å². The number of unbranched alkanes of at least 4 members (excludes halogenated alkanes) is 28. The predicted molar refractivity (Wildman–Crippen MR) is 205 cm³/mol. The van der Waals surface area contributed by atoms with Crippen molar-refractivity contribution in [2.75, 3.05) is 6.61 Å². The van der Waals surface area contributed by atoms with Crippen LogP contribution in [0.4, 0.5) is 0 Å². The van der Waals surface area contributed by atoms with Crippen LogP contribution in [0.1, 0.15) is 222 Å². The average molecular weight is 717 g/mol. The molecule has 0 saturated heterocycles. The van der Waals surface area contributed by atoms with Gasteiger partial charge in [-0.3, -0.25) is 9.59 Å². The van der Waals surface area contributed by atoms with Gasteiger partial charge in [0.25, 0.3) is 0 Å². The van der Waals surface area contributed by atoms with Gasteiger partial charge in [-0.1, -0.05) is 194 Å². The first kappa shape index (κ1) is 45.1. The lowest BCUT2D eigenvalue weighted by Crippen LogP contribution is -2.52. The maximum absolute atomic E-state index is 12.4. The molecule has 0 radical (unpaired) electrons. The number of Topliss-reactive ketones (excluding diaryl/α,β-unsaturated/α-hetero) is 1. The predicted octanol–water partition coefficient (Wildman–Crippen LogP) is 9.43. The summed E-state index contributed by atoms with van der Waals surface area (Å²) in [6.45, 7) is 0.546. The minimum absolute atomic E-state index is 0.0554. The molecule has 0 heterocycles. The molecule has 0 aromatic rings. The number of carbonyl (C=O) groups excluding carboxylic acids is 2. The molecule has 0 aliphatic carbocycles. The first-order chi connectivity index (χ1) is 25.3. The van der Waals surface area contributed by atoms with Crippen LogP contribution in [0.3, 0.4) is 0 Å². The van der Waals surface area contributed by atoms with Crippen LogP contribution in [0.25, 0.3) is 0 Å². The summed E-state index contributed by atoms with van der Waals surface area (Å²) >= 11 is 0. The van der Waals surface area contributed by atoms with Gasteiger partial charge in [0.15, 0.2) is 5.78 Å². The van der Waals surface area contributed by atoms with Crippen molar-refractivity contribution >= 4 is 11.8 Å². The van der Waals surface area contributed by atoms with E-state index in [-0.39, 0.29) is 12.8 Å². The smallest absolute Gasteiger partial charge is 0.305 e. The fourth-order valence-corrected chi connectivity index (χ4v) is 6.47. The Hall–Kier alpha value is -1.06. The Balaban J connectivity index is 3.80. The Morgan fingerprint density at radius 1 is 0.440 bits per heavy atom. The molecule has 5 atom stereocenters. The van der Waals surface area contributed by atoms with Crippen LogP contribution in [-0.2, 0) is 14.3 Å². The van der Waals surface area contributed by atoms with Gasteiger partial charge in [0.2, 0.25) is 0 Å². The van der Waals surface area contributed by atoms with Crippen LogP contribution in [0.15, 0.2) is 0 Å². The van der Waals surface area contributed by atoms with Gasteiger partial charge in [0.05, 0.1) is 0 Å². The summed E-state index contributed by atoms with van der Waals surface area (Å²) in [5.74, 6) is -1.13. The summed E-state index contributed by atoms with van der Waals surface area (Å²) in [6.07, 6.45) is 25.5. The molecule has 50 heavy (non-hydrogen) atoms. The number of esters is 1. The molecular formula is C42H82O8. The average Bonchev–Trinajstić information content (AvgIpc) is 3.15. The van der Waals surface area contributed by atoms with Crippen molar-refractivity contribution in [2.24, 2.45) is 0 Å². The minimum Gasteiger partial charge on any atom is -0.463 e. The van der Waals surface area contributed by atoms with Gasteiger partial charge in [0.1, 0.15) is 37.1 Å². The molecule has 0 bridgehead atoms. The third kappa shape index (κ3) is 29.5. The summed E-state index contributed by atoms with van der Waals surface area (Å²) in [5, 5.41) is 51.3. The van der Waals surface area contributed by atoms with E-state index in [9.17, 15) is 35.1 Å². The van der Waals surface area contributed by atoms with Crippen molar-refractivity contribution in [2.45, 2.75) is 250 Å². The Morgan fingerprint density at radius 3 is 1.12 bits per heavy atom. The second-order valence-corrected chi connectivity index (χ2v) is 14.7. The van der Waals surface area contributed by atoms with E-state index in [2.05, 4.69) is 0 Å². The van der Waals surface area contributed by atoms with E-state index in [0.717, 1.165) is 51.4 Å². The Labute approximate surface area is 310 Å². The van der Waals surface area contributed by atoms with Crippen LogP contribution in [0.5, 0.6) is 0 Å². The normalized spacial score (nSPS) is 15.2. The maximum atomic E-state index is 12.4. The monoisotopic (exact) mass is 717 g/mol. The van der Waals surface area contributed by atoms with Gasteiger partial charge in [-0.05, 0) is 12.8 Å². The second kappa shape index (κ2) is 36.3. The lowest BCUT2D eigenvalue weighted by Gasteiger charge is -2.28. The van der Waals surface area contributed by atoms with Crippen LogP contribution >= 0.6 is 0 Å². The molecule has 8 heteroatoms. The zero-order chi connectivity index (χ0) is 38.5. The first-order valence-corrected chi connectivity index (χ1v) is 20.9. The van der Waals surface area contributed by atoms with Crippen molar-refractivity contribution in [3.63, 3.8) is 0 Å². The number of rotatable bonds is 39. The molecule has 0 aromatic carbocycles. The molecule has 0 spiro atoms. The third-order valence-corrected chi connectivity index (χ3v) is 9.97. The van der Waals surface area contributed by atoms with Gasteiger partial charge >= 0.3 is 5.97 Å². The Morgan fingerprint density at radius 2 is 0.760 bits per heavy atom. The second-order valence-electron chi connectivity index (χ2n) is 14.7. The lowest BCUT2D eigenvalue weighted by atomic mass is 9.95. The molecule has 0 rings (SSSR count). The maximum Gasteiger partial charge on any atom is 0.305 e. The standard InChI is InChI=1S/C42H82O8/c1-3-5-7-9-11-13-15-17-19-21-23-25-27-29-31-33-36(43)39(46)41(48)42(49)40(47)37(44)35-50-38(45)34-32-30-28-26-24-22-20-18-16-14-12-10-8-6-4-2/h37,39-42,44,46-49H,3-35H2,1-2H3/t37-,39?,40-,41+,42+/m1/s1/i1D,2D. The summed E-state index contributed by atoms with van der Waals surface area (Å²) in [5.41, 5.74) is 0. The molecule has 0 aliphatic heterocycles. The van der Waals surface area contributed by atoms with E-state index >= 15 is 0 Å². The zero-order valence-electron chi connectivity index (χ0n) is 34.1. The number of carbonyl (C=O) groups is 2. The number of ketones is 1. The highest BCUT2D eigenvalue weighted by atomic mass is 16.5. The summed E-state index contributed by atoms with van der Waals surface area (Å²) < 4.78 is 19.4. The van der Waals surface area contributed by atoms with E-state index in [1.54, 1.807) is 0 Å². The fraction of sp³-hybridized carbons (Fsp3) is 0.952. The van der Waals surface area contributed by atoms with Crippen molar-refractivity contribution in [1.82, 2.24) is 0 Å². The van der Waals surface area contributed by atoms with E-state index < -0.39 is 48.9 Å². The SMILES string of the molecule is [2H]CCCCCCCCCCCCCCCCCC(=O)OC[C@@H](O)[C@@H](O)[C@H](O)[C@@H](O)C(O)C(=O)CCCCCCCCCCCCCCCCC[2H]. The number of aliphatic hydroxyl groups is 5. The van der Waals surface area contributed by atoms with Gasteiger partial charge in [-0.25, -0.2) is 0 Å². The van der Waals surface area contributed by atoms with Crippen molar-refractivity contribution in [1.29, 1.82) is 0 Å². The highest BCUT2D eigenvalue weighted by Gasteiger charge is 2.37. The molecule has 8 nitrogen and oxygen atoms in total. The molecular weight excluding hydrogens is 632 g/mol. The van der Waals surface area contributed by atoms with E-state index in [1.807, 2.05) is 0 Å². The Kier molecular flexibility index (Phi) is 32.7. The highest BCUT2D eigenvalue weighted by molar-refractivity contribution is 5.83. The van der Waals surface area contributed by atoms with Gasteiger partial charge in [0, 0.05) is 15.6 Å². The highest BCUT2D eigenvalue weighted by Crippen LogP contribution is 2.17. The Bertz CT molecular complexity index is 789. The molecule has 298 valence electrons. The lowest BCUT2D eigenvalue weighted by molar-refractivity contribution is -0.163. The molecule has 0 amide bonds. The molecule has 0 aliphatic rings. The van der Waals surface area contributed by atoms with Crippen LogP contribution < -0.4 is 0 Å². The summed E-state index contributed by atoms with van der Waals surface area (Å²) in [4.78, 5) is 24.5. The zero-order valence-corrected chi connectivity index (χ0v) is 32.1. The summed E-state index contributed by atoms with van der Waals surface area (Å²) in [6, 6.07) is 0.